The van der Waals surface area contributed by atoms with Crippen LogP contribution in [-0.4, -0.2) is 42.5 Å². The van der Waals surface area contributed by atoms with Gasteiger partial charge >= 0.3 is 6.18 Å². The van der Waals surface area contributed by atoms with Gasteiger partial charge in [-0.1, -0.05) is 0 Å². The highest BCUT2D eigenvalue weighted by Gasteiger charge is 2.33. The van der Waals surface area contributed by atoms with Crippen LogP contribution in [0.5, 0.6) is 5.75 Å². The van der Waals surface area contributed by atoms with Gasteiger partial charge in [0.1, 0.15) is 11.8 Å². The summed E-state index contributed by atoms with van der Waals surface area (Å²) in [4.78, 5) is 37.3. The number of carbonyl (C=O) groups is 3. The Labute approximate surface area is 162 Å². The van der Waals surface area contributed by atoms with Gasteiger partial charge in [0.25, 0.3) is 17.7 Å². The zero-order chi connectivity index (χ0) is 21.3. The Balaban J connectivity index is 1.79. The number of nitrogens with zero attached hydrogens (tertiary/aromatic N) is 2. The molecule has 1 aliphatic rings. The summed E-state index contributed by atoms with van der Waals surface area (Å²) in [6.45, 7) is -1.55. The SMILES string of the molecule is CN1C(=O)c2ccc(C(=O)Nc3ccc(OCC(F)(F)F)c(C#N)c3)cc2C1=O. The molecule has 148 valence electrons. The van der Waals surface area contributed by atoms with E-state index in [1.54, 1.807) is 6.07 Å². The fourth-order valence-corrected chi connectivity index (χ4v) is 2.69. The number of fused-ring (bicyclic) bond motifs is 1. The molecular weight excluding hydrogens is 391 g/mol. The molecule has 1 heterocycles. The van der Waals surface area contributed by atoms with E-state index in [0.717, 1.165) is 11.0 Å². The van der Waals surface area contributed by atoms with Gasteiger partial charge in [0.05, 0.1) is 16.7 Å². The van der Waals surface area contributed by atoms with E-state index in [9.17, 15) is 27.6 Å². The van der Waals surface area contributed by atoms with Gasteiger partial charge in [-0.15, -0.1) is 0 Å². The van der Waals surface area contributed by atoms with Gasteiger partial charge in [-0.25, -0.2) is 0 Å². The minimum atomic E-state index is -4.56. The molecule has 2 aromatic rings. The summed E-state index contributed by atoms with van der Waals surface area (Å²) in [5, 5.41) is 11.6. The first kappa shape index (κ1) is 19.9. The standard InChI is InChI=1S/C19H12F3N3O4/c1-25-17(27)13-4-2-10(7-14(13)18(25)28)16(26)24-12-3-5-15(11(6-12)8-23)29-9-19(20,21)22/h2-7H,9H2,1H3,(H,24,26). The van der Waals surface area contributed by atoms with Gasteiger partial charge < -0.3 is 10.1 Å². The molecule has 0 saturated carbocycles. The third-order valence-corrected chi connectivity index (χ3v) is 4.10. The molecule has 0 aliphatic carbocycles. The third kappa shape index (κ3) is 4.03. The van der Waals surface area contributed by atoms with E-state index < -0.39 is 30.5 Å². The molecule has 0 radical (unpaired) electrons. The van der Waals surface area contributed by atoms with E-state index in [0.29, 0.717) is 0 Å². The van der Waals surface area contributed by atoms with Crippen molar-refractivity contribution in [3.05, 3.63) is 58.7 Å². The molecule has 0 aromatic heterocycles. The van der Waals surface area contributed by atoms with Gasteiger partial charge in [-0.05, 0) is 36.4 Å². The average molecular weight is 403 g/mol. The number of anilines is 1. The predicted molar refractivity (Wildman–Crippen MR) is 93.5 cm³/mol. The van der Waals surface area contributed by atoms with Crippen molar-refractivity contribution in [3.63, 3.8) is 0 Å². The lowest BCUT2D eigenvalue weighted by atomic mass is 10.1. The fourth-order valence-electron chi connectivity index (χ4n) is 2.69. The molecule has 0 spiro atoms. The molecule has 10 heteroatoms. The van der Waals surface area contributed by atoms with Crippen LogP contribution < -0.4 is 10.1 Å². The van der Waals surface area contributed by atoms with Gasteiger partial charge in [-0.3, -0.25) is 19.3 Å². The van der Waals surface area contributed by atoms with Crippen molar-refractivity contribution in [1.82, 2.24) is 4.90 Å². The summed E-state index contributed by atoms with van der Waals surface area (Å²) >= 11 is 0. The topological polar surface area (TPSA) is 99.5 Å². The fraction of sp³-hybridized carbons (Fsp3) is 0.158. The number of rotatable bonds is 4. The molecule has 2 aromatic carbocycles. The number of amides is 3. The normalized spacial score (nSPS) is 13.1. The maximum absolute atomic E-state index is 12.4. The minimum absolute atomic E-state index is 0.0936. The lowest BCUT2D eigenvalue weighted by molar-refractivity contribution is -0.153. The minimum Gasteiger partial charge on any atom is -0.483 e. The lowest BCUT2D eigenvalue weighted by Gasteiger charge is -2.12. The van der Waals surface area contributed by atoms with E-state index in [-0.39, 0.29) is 33.7 Å². The number of benzene rings is 2. The van der Waals surface area contributed by atoms with Gasteiger partial charge in [0, 0.05) is 18.3 Å². The van der Waals surface area contributed by atoms with E-state index in [2.05, 4.69) is 10.1 Å². The highest BCUT2D eigenvalue weighted by Crippen LogP contribution is 2.26. The van der Waals surface area contributed by atoms with Crippen molar-refractivity contribution >= 4 is 23.4 Å². The van der Waals surface area contributed by atoms with Crippen molar-refractivity contribution in [3.8, 4) is 11.8 Å². The molecule has 1 N–H and O–H groups in total. The van der Waals surface area contributed by atoms with Crippen molar-refractivity contribution in [1.29, 1.82) is 5.26 Å². The number of imide groups is 1. The average Bonchev–Trinajstić information content (AvgIpc) is 2.90. The Morgan fingerprint density at radius 3 is 2.48 bits per heavy atom. The summed E-state index contributed by atoms with van der Waals surface area (Å²) in [6, 6.07) is 9.29. The smallest absolute Gasteiger partial charge is 0.422 e. The van der Waals surface area contributed by atoms with Crippen molar-refractivity contribution < 1.29 is 32.3 Å². The predicted octanol–water partition coefficient (Wildman–Crippen LogP) is 2.98. The number of carbonyl (C=O) groups excluding carboxylic acids is 3. The molecule has 3 amide bonds. The molecule has 0 atom stereocenters. The number of alkyl halides is 3. The highest BCUT2D eigenvalue weighted by atomic mass is 19.4. The maximum Gasteiger partial charge on any atom is 0.422 e. The van der Waals surface area contributed by atoms with Crippen LogP contribution in [0.3, 0.4) is 0 Å². The number of halogens is 3. The van der Waals surface area contributed by atoms with Crippen LogP contribution >= 0.6 is 0 Å². The van der Waals surface area contributed by atoms with E-state index in [1.807, 2.05) is 0 Å². The number of nitrogens with one attached hydrogen (secondary N) is 1. The zero-order valence-corrected chi connectivity index (χ0v) is 14.8. The Bertz CT molecular complexity index is 1070. The second-order valence-corrected chi connectivity index (χ2v) is 6.11. The molecule has 0 bridgehead atoms. The quantitative estimate of drug-likeness (QED) is 0.792. The molecule has 3 rings (SSSR count). The molecule has 1 aliphatic heterocycles. The van der Waals surface area contributed by atoms with Crippen LogP contribution in [0.1, 0.15) is 36.6 Å². The van der Waals surface area contributed by atoms with Crippen LogP contribution in [0.25, 0.3) is 0 Å². The zero-order valence-electron chi connectivity index (χ0n) is 14.8. The molecule has 7 nitrogen and oxygen atoms in total. The van der Waals surface area contributed by atoms with Crippen LogP contribution in [0.4, 0.5) is 18.9 Å². The molecule has 0 fully saturated rings. The van der Waals surface area contributed by atoms with Crippen molar-refractivity contribution in [2.75, 3.05) is 19.0 Å². The summed E-state index contributed by atoms with van der Waals surface area (Å²) in [5.74, 6) is -1.90. The first-order valence-corrected chi connectivity index (χ1v) is 8.12. The largest absolute Gasteiger partial charge is 0.483 e. The first-order valence-electron chi connectivity index (χ1n) is 8.12. The second-order valence-electron chi connectivity index (χ2n) is 6.11. The summed E-state index contributed by atoms with van der Waals surface area (Å²) in [5.41, 5.74) is 0.330. The molecule has 29 heavy (non-hydrogen) atoms. The number of nitriles is 1. The van der Waals surface area contributed by atoms with Gasteiger partial charge in [0.2, 0.25) is 0 Å². The Morgan fingerprint density at radius 1 is 1.14 bits per heavy atom. The van der Waals surface area contributed by atoms with Crippen molar-refractivity contribution in [2.24, 2.45) is 0 Å². The lowest BCUT2D eigenvalue weighted by Crippen LogP contribution is -2.24. The number of hydrogen-bond donors (Lipinski definition) is 1. The third-order valence-electron chi connectivity index (χ3n) is 4.10. The number of ether oxygens (including phenoxy) is 1. The Hall–Kier alpha value is -3.87. The molecular formula is C19H12F3N3O4. The van der Waals surface area contributed by atoms with Crippen LogP contribution in [0.15, 0.2) is 36.4 Å². The maximum atomic E-state index is 12.4. The van der Waals surface area contributed by atoms with Crippen molar-refractivity contribution in [2.45, 2.75) is 6.18 Å². The first-order chi connectivity index (χ1) is 13.6. The molecule has 0 saturated heterocycles. The highest BCUT2D eigenvalue weighted by molar-refractivity contribution is 6.22. The van der Waals surface area contributed by atoms with E-state index in [4.69, 9.17) is 5.26 Å². The van der Waals surface area contributed by atoms with E-state index >= 15 is 0 Å². The molecule has 0 unspecified atom stereocenters. The van der Waals surface area contributed by atoms with Crippen LogP contribution in [-0.2, 0) is 0 Å². The van der Waals surface area contributed by atoms with Gasteiger partial charge in [0.15, 0.2) is 6.61 Å². The van der Waals surface area contributed by atoms with Crippen LogP contribution in [0, 0.1) is 11.3 Å². The second kappa shape index (κ2) is 7.27. The van der Waals surface area contributed by atoms with Gasteiger partial charge in [-0.2, -0.15) is 18.4 Å². The Morgan fingerprint density at radius 2 is 1.83 bits per heavy atom. The van der Waals surface area contributed by atoms with Crippen LogP contribution in [0.2, 0.25) is 0 Å². The monoisotopic (exact) mass is 403 g/mol. The summed E-state index contributed by atoms with van der Waals surface area (Å²) < 4.78 is 41.4. The summed E-state index contributed by atoms with van der Waals surface area (Å²) in [7, 11) is 1.33. The number of hydrogen-bond acceptors (Lipinski definition) is 5. The van der Waals surface area contributed by atoms with E-state index in [1.165, 1.54) is 37.4 Å². The summed E-state index contributed by atoms with van der Waals surface area (Å²) in [6.07, 6.45) is -4.56. The Kier molecular flexibility index (Phi) is 4.99.